The van der Waals surface area contributed by atoms with Gasteiger partial charge in [-0.05, 0) is 37.8 Å². The molecule has 1 N–H and O–H groups in total. The largest absolute Gasteiger partial charge is 0.337 e. The molecule has 0 spiro atoms. The molecule has 2 aromatic rings. The molecule has 4 heteroatoms. The number of nitrogens with one attached hydrogen (secondary N) is 1. The van der Waals surface area contributed by atoms with Gasteiger partial charge in [0.05, 0.1) is 5.52 Å². The molecule has 20 heavy (non-hydrogen) atoms. The van der Waals surface area contributed by atoms with Crippen LogP contribution in [0.4, 0.5) is 0 Å². The number of H-pyrrole nitrogens is 1. The van der Waals surface area contributed by atoms with Crippen molar-refractivity contribution in [2.24, 2.45) is 5.92 Å². The Labute approximate surface area is 119 Å². The van der Waals surface area contributed by atoms with Crippen molar-refractivity contribution in [3.8, 4) is 0 Å². The lowest BCUT2D eigenvalue weighted by atomic mass is 9.95. The lowest BCUT2D eigenvalue weighted by molar-refractivity contribution is 0.0667. The van der Waals surface area contributed by atoms with E-state index in [-0.39, 0.29) is 5.91 Å². The van der Waals surface area contributed by atoms with Gasteiger partial charge in [0.1, 0.15) is 0 Å². The van der Waals surface area contributed by atoms with E-state index >= 15 is 0 Å². The predicted octanol–water partition coefficient (Wildman–Crippen LogP) is 3.13. The Balaban J connectivity index is 1.90. The van der Waals surface area contributed by atoms with Gasteiger partial charge in [0, 0.05) is 18.5 Å². The zero-order valence-corrected chi connectivity index (χ0v) is 12.1. The van der Waals surface area contributed by atoms with E-state index in [9.17, 15) is 4.79 Å². The highest BCUT2D eigenvalue weighted by atomic mass is 16.2. The summed E-state index contributed by atoms with van der Waals surface area (Å²) in [6.07, 6.45) is 3.48. The molecule has 1 atom stereocenters. The fraction of sp³-hybridized carbons (Fsp3) is 0.500. The first kappa shape index (κ1) is 13.2. The van der Waals surface area contributed by atoms with Crippen molar-refractivity contribution in [3.05, 3.63) is 29.5 Å². The molecule has 1 saturated heterocycles. The molecule has 4 nitrogen and oxygen atoms in total. The van der Waals surface area contributed by atoms with Crippen molar-refractivity contribution in [1.29, 1.82) is 0 Å². The van der Waals surface area contributed by atoms with Gasteiger partial charge in [-0.25, -0.2) is 0 Å². The van der Waals surface area contributed by atoms with E-state index in [2.05, 4.69) is 17.1 Å². The number of rotatable bonds is 2. The summed E-state index contributed by atoms with van der Waals surface area (Å²) >= 11 is 0. The minimum absolute atomic E-state index is 0.0694. The van der Waals surface area contributed by atoms with Crippen molar-refractivity contribution in [3.63, 3.8) is 0 Å². The Hall–Kier alpha value is -1.84. The molecule has 1 aliphatic rings. The zero-order valence-electron chi connectivity index (χ0n) is 12.1. The van der Waals surface area contributed by atoms with Gasteiger partial charge >= 0.3 is 0 Å². The quantitative estimate of drug-likeness (QED) is 0.912. The van der Waals surface area contributed by atoms with E-state index in [1.807, 2.05) is 30.0 Å². The lowest BCUT2D eigenvalue weighted by Crippen LogP contribution is -2.40. The second-order valence-electron chi connectivity index (χ2n) is 5.79. The maximum atomic E-state index is 12.7. The van der Waals surface area contributed by atoms with E-state index in [0.29, 0.717) is 11.6 Å². The number of aryl methyl sites for hydroxylation is 1. The molecule has 1 amide bonds. The first-order valence-corrected chi connectivity index (χ1v) is 7.43. The van der Waals surface area contributed by atoms with Crippen molar-refractivity contribution < 1.29 is 4.79 Å². The standard InChI is InChI=1S/C16H21N3O/c1-3-12-5-4-8-19(10-12)16(20)15-13-9-11(2)6-7-14(13)17-18-15/h6-7,9,12H,3-5,8,10H2,1-2H3,(H,17,18). The van der Waals surface area contributed by atoms with Crippen LogP contribution in [-0.2, 0) is 0 Å². The molecule has 0 radical (unpaired) electrons. The number of piperidine rings is 1. The fourth-order valence-electron chi connectivity index (χ4n) is 3.02. The molecule has 0 aliphatic carbocycles. The number of aromatic amines is 1. The lowest BCUT2D eigenvalue weighted by Gasteiger charge is -2.31. The van der Waals surface area contributed by atoms with Gasteiger partial charge in [-0.1, -0.05) is 25.0 Å². The number of benzene rings is 1. The summed E-state index contributed by atoms with van der Waals surface area (Å²) in [5.41, 5.74) is 2.65. The number of aromatic nitrogens is 2. The highest BCUT2D eigenvalue weighted by Gasteiger charge is 2.26. The average molecular weight is 271 g/mol. The van der Waals surface area contributed by atoms with Crippen molar-refractivity contribution in [2.75, 3.05) is 13.1 Å². The number of fused-ring (bicyclic) bond motifs is 1. The van der Waals surface area contributed by atoms with E-state index in [1.54, 1.807) is 0 Å². The Morgan fingerprint density at radius 1 is 1.50 bits per heavy atom. The molecule has 1 fully saturated rings. The summed E-state index contributed by atoms with van der Waals surface area (Å²) in [6.45, 7) is 5.96. The van der Waals surface area contributed by atoms with Crippen molar-refractivity contribution >= 4 is 16.8 Å². The number of nitrogens with zero attached hydrogens (tertiary/aromatic N) is 2. The first-order chi connectivity index (χ1) is 9.69. The Bertz CT molecular complexity index is 632. The zero-order chi connectivity index (χ0) is 14.1. The van der Waals surface area contributed by atoms with Gasteiger partial charge in [-0.2, -0.15) is 5.10 Å². The van der Waals surface area contributed by atoms with Crippen molar-refractivity contribution in [2.45, 2.75) is 33.1 Å². The molecule has 3 rings (SSSR count). The molecular formula is C16H21N3O. The highest BCUT2D eigenvalue weighted by Crippen LogP contribution is 2.23. The SMILES string of the molecule is CCC1CCCN(C(=O)c2n[nH]c3ccc(C)cc23)C1. The third-order valence-corrected chi connectivity index (χ3v) is 4.30. The molecule has 0 bridgehead atoms. The normalized spacial score (nSPS) is 19.5. The van der Waals surface area contributed by atoms with Crippen LogP contribution < -0.4 is 0 Å². The van der Waals surface area contributed by atoms with Gasteiger partial charge in [0.15, 0.2) is 5.69 Å². The van der Waals surface area contributed by atoms with E-state index < -0.39 is 0 Å². The number of hydrogen-bond donors (Lipinski definition) is 1. The van der Waals surface area contributed by atoms with Gasteiger partial charge in [-0.15, -0.1) is 0 Å². The van der Waals surface area contributed by atoms with Crippen LogP contribution in [0, 0.1) is 12.8 Å². The number of carbonyl (C=O) groups excluding carboxylic acids is 1. The predicted molar refractivity (Wildman–Crippen MR) is 79.7 cm³/mol. The van der Waals surface area contributed by atoms with Crippen LogP contribution in [-0.4, -0.2) is 34.1 Å². The minimum Gasteiger partial charge on any atom is -0.337 e. The van der Waals surface area contributed by atoms with E-state index in [0.717, 1.165) is 42.4 Å². The molecule has 1 aromatic carbocycles. The molecule has 1 aromatic heterocycles. The van der Waals surface area contributed by atoms with Crippen molar-refractivity contribution in [1.82, 2.24) is 15.1 Å². The Morgan fingerprint density at radius 3 is 3.15 bits per heavy atom. The summed E-state index contributed by atoms with van der Waals surface area (Å²) < 4.78 is 0. The second-order valence-corrected chi connectivity index (χ2v) is 5.79. The maximum absolute atomic E-state index is 12.7. The summed E-state index contributed by atoms with van der Waals surface area (Å²) in [4.78, 5) is 14.7. The van der Waals surface area contributed by atoms with Gasteiger partial charge in [-0.3, -0.25) is 9.89 Å². The average Bonchev–Trinajstić information content (AvgIpc) is 2.89. The van der Waals surface area contributed by atoms with Crippen LogP contribution in [0.15, 0.2) is 18.2 Å². The second kappa shape index (κ2) is 5.27. The van der Waals surface area contributed by atoms with E-state index in [4.69, 9.17) is 0 Å². The van der Waals surface area contributed by atoms with Gasteiger partial charge < -0.3 is 4.90 Å². The van der Waals surface area contributed by atoms with E-state index in [1.165, 1.54) is 6.42 Å². The highest BCUT2D eigenvalue weighted by molar-refractivity contribution is 6.04. The van der Waals surface area contributed by atoms with Crippen LogP contribution in [0.3, 0.4) is 0 Å². The number of amides is 1. The first-order valence-electron chi connectivity index (χ1n) is 7.43. The molecule has 1 unspecified atom stereocenters. The summed E-state index contributed by atoms with van der Waals surface area (Å²) in [5, 5.41) is 8.15. The molecule has 106 valence electrons. The number of carbonyl (C=O) groups is 1. The van der Waals surface area contributed by atoms with Gasteiger partial charge in [0.2, 0.25) is 0 Å². The smallest absolute Gasteiger partial charge is 0.275 e. The summed E-state index contributed by atoms with van der Waals surface area (Å²) in [5.74, 6) is 0.708. The number of likely N-dealkylation sites (tertiary alicyclic amines) is 1. The van der Waals surface area contributed by atoms with Crippen LogP contribution in [0.5, 0.6) is 0 Å². The molecule has 2 heterocycles. The monoisotopic (exact) mass is 271 g/mol. The fourth-order valence-corrected chi connectivity index (χ4v) is 3.02. The van der Waals surface area contributed by atoms with Gasteiger partial charge in [0.25, 0.3) is 5.91 Å². The van der Waals surface area contributed by atoms with Crippen LogP contribution in [0.25, 0.3) is 10.9 Å². The number of hydrogen-bond acceptors (Lipinski definition) is 2. The summed E-state index contributed by atoms with van der Waals surface area (Å²) in [7, 11) is 0. The Morgan fingerprint density at radius 2 is 2.35 bits per heavy atom. The molecular weight excluding hydrogens is 250 g/mol. The minimum atomic E-state index is 0.0694. The van der Waals surface area contributed by atoms with Crippen LogP contribution in [0.1, 0.15) is 42.2 Å². The van der Waals surface area contributed by atoms with Crippen LogP contribution >= 0.6 is 0 Å². The molecule has 1 aliphatic heterocycles. The summed E-state index contributed by atoms with van der Waals surface area (Å²) in [6, 6.07) is 6.05. The third kappa shape index (κ3) is 2.30. The third-order valence-electron chi connectivity index (χ3n) is 4.30. The topological polar surface area (TPSA) is 49.0 Å². The van der Waals surface area contributed by atoms with Crippen LogP contribution in [0.2, 0.25) is 0 Å². The Kier molecular flexibility index (Phi) is 3.47. The molecule has 0 saturated carbocycles. The maximum Gasteiger partial charge on any atom is 0.275 e.